The van der Waals surface area contributed by atoms with Gasteiger partial charge in [0.2, 0.25) is 0 Å². The van der Waals surface area contributed by atoms with Gasteiger partial charge in [0, 0.05) is 25.2 Å². The van der Waals surface area contributed by atoms with Gasteiger partial charge in [-0.05, 0) is 39.0 Å². The Labute approximate surface area is 126 Å². The van der Waals surface area contributed by atoms with Crippen molar-refractivity contribution >= 4 is 5.91 Å². The van der Waals surface area contributed by atoms with E-state index in [4.69, 9.17) is 15.2 Å². The van der Waals surface area contributed by atoms with Crippen molar-refractivity contribution in [2.45, 2.75) is 39.1 Å². The predicted molar refractivity (Wildman–Crippen MR) is 81.5 cm³/mol. The van der Waals surface area contributed by atoms with E-state index in [-0.39, 0.29) is 24.2 Å². The summed E-state index contributed by atoms with van der Waals surface area (Å²) in [5.74, 6) is 0.713. The highest BCUT2D eigenvalue weighted by atomic mass is 16.5. The molecule has 0 saturated carbocycles. The first-order valence-electron chi connectivity index (χ1n) is 7.41. The lowest BCUT2D eigenvalue weighted by atomic mass is 10.1. The number of ether oxygens (including phenoxy) is 2. The molecule has 0 radical (unpaired) electrons. The Morgan fingerprint density at radius 2 is 2.24 bits per heavy atom. The monoisotopic (exact) mass is 292 g/mol. The molecule has 0 aromatic heterocycles. The van der Waals surface area contributed by atoms with Crippen LogP contribution in [0.25, 0.3) is 0 Å². The summed E-state index contributed by atoms with van der Waals surface area (Å²) in [4.78, 5) is 14.4. The first-order valence-corrected chi connectivity index (χ1v) is 7.41. The number of amides is 1. The summed E-state index contributed by atoms with van der Waals surface area (Å²) in [6.45, 7) is 7.43. The summed E-state index contributed by atoms with van der Waals surface area (Å²) >= 11 is 0. The maximum Gasteiger partial charge on any atom is 0.254 e. The first-order chi connectivity index (χ1) is 9.99. The zero-order valence-electron chi connectivity index (χ0n) is 12.9. The van der Waals surface area contributed by atoms with Crippen LogP contribution in [-0.4, -0.2) is 48.8 Å². The van der Waals surface area contributed by atoms with E-state index < -0.39 is 0 Å². The molecule has 2 unspecified atom stereocenters. The van der Waals surface area contributed by atoms with Gasteiger partial charge in [-0.1, -0.05) is 6.07 Å². The fourth-order valence-electron chi connectivity index (χ4n) is 2.50. The Bertz CT molecular complexity index is 490. The highest BCUT2D eigenvalue weighted by molar-refractivity contribution is 5.94. The second kappa shape index (κ2) is 6.91. The highest BCUT2D eigenvalue weighted by Gasteiger charge is 2.28. The van der Waals surface area contributed by atoms with Crippen LogP contribution >= 0.6 is 0 Å². The zero-order chi connectivity index (χ0) is 15.4. The molecule has 0 aliphatic carbocycles. The van der Waals surface area contributed by atoms with Crippen LogP contribution in [0.1, 0.15) is 31.1 Å². The Morgan fingerprint density at radius 3 is 2.90 bits per heavy atom. The molecule has 116 valence electrons. The van der Waals surface area contributed by atoms with E-state index in [2.05, 4.69) is 0 Å². The molecule has 1 saturated heterocycles. The summed E-state index contributed by atoms with van der Waals surface area (Å²) in [5, 5.41) is 0. The summed E-state index contributed by atoms with van der Waals surface area (Å²) in [5.41, 5.74) is 6.30. The van der Waals surface area contributed by atoms with Crippen molar-refractivity contribution < 1.29 is 14.3 Å². The third-order valence-electron chi connectivity index (χ3n) is 3.33. The first kappa shape index (κ1) is 15.8. The molecule has 0 bridgehead atoms. The minimum Gasteiger partial charge on any atom is -0.491 e. The van der Waals surface area contributed by atoms with Gasteiger partial charge in [-0.15, -0.1) is 0 Å². The van der Waals surface area contributed by atoms with Gasteiger partial charge in [-0.3, -0.25) is 4.79 Å². The van der Waals surface area contributed by atoms with Crippen LogP contribution in [0.5, 0.6) is 5.75 Å². The Hall–Kier alpha value is -1.59. The van der Waals surface area contributed by atoms with E-state index in [1.54, 1.807) is 11.0 Å². The summed E-state index contributed by atoms with van der Waals surface area (Å²) in [7, 11) is 0. The molecule has 21 heavy (non-hydrogen) atoms. The fourth-order valence-corrected chi connectivity index (χ4v) is 2.50. The van der Waals surface area contributed by atoms with Crippen LogP contribution in [0.15, 0.2) is 24.3 Å². The molecule has 1 amide bonds. The standard InChI is InChI=1S/C16H24N2O3/c1-11(2)20-14-6-4-5-13(7-14)16(19)18-9-12(3)21-15(8-17)10-18/h4-7,11-12,15H,8-10,17H2,1-3H3. The van der Waals surface area contributed by atoms with Gasteiger partial charge in [0.1, 0.15) is 5.75 Å². The Balaban J connectivity index is 2.11. The lowest BCUT2D eigenvalue weighted by molar-refractivity contribution is -0.0625. The number of hydrogen-bond acceptors (Lipinski definition) is 4. The maximum absolute atomic E-state index is 12.6. The van der Waals surface area contributed by atoms with Gasteiger partial charge in [0.05, 0.1) is 18.3 Å². The van der Waals surface area contributed by atoms with Crippen LogP contribution in [0.3, 0.4) is 0 Å². The molecule has 5 nitrogen and oxygen atoms in total. The SMILES string of the molecule is CC(C)Oc1cccc(C(=O)N2CC(C)OC(CN)C2)c1. The van der Waals surface area contributed by atoms with Crippen molar-refractivity contribution in [3.8, 4) is 5.75 Å². The molecule has 1 aliphatic rings. The highest BCUT2D eigenvalue weighted by Crippen LogP contribution is 2.19. The van der Waals surface area contributed by atoms with Crippen LogP contribution in [0.2, 0.25) is 0 Å². The largest absolute Gasteiger partial charge is 0.491 e. The Morgan fingerprint density at radius 1 is 1.48 bits per heavy atom. The topological polar surface area (TPSA) is 64.8 Å². The van der Waals surface area contributed by atoms with E-state index in [0.717, 1.165) is 0 Å². The molecule has 2 atom stereocenters. The number of benzene rings is 1. The van der Waals surface area contributed by atoms with Gasteiger partial charge in [-0.25, -0.2) is 0 Å². The van der Waals surface area contributed by atoms with Crippen molar-refractivity contribution in [1.29, 1.82) is 0 Å². The average molecular weight is 292 g/mol. The number of nitrogens with two attached hydrogens (primary N) is 1. The van der Waals surface area contributed by atoms with E-state index in [0.29, 0.717) is 30.9 Å². The van der Waals surface area contributed by atoms with Crippen LogP contribution in [0.4, 0.5) is 0 Å². The van der Waals surface area contributed by atoms with Crippen LogP contribution in [-0.2, 0) is 4.74 Å². The zero-order valence-corrected chi connectivity index (χ0v) is 12.9. The smallest absolute Gasteiger partial charge is 0.254 e. The van der Waals surface area contributed by atoms with E-state index in [1.807, 2.05) is 39.0 Å². The molecular weight excluding hydrogens is 268 g/mol. The molecule has 2 N–H and O–H groups in total. The molecular formula is C16H24N2O3. The number of hydrogen-bond donors (Lipinski definition) is 1. The lowest BCUT2D eigenvalue weighted by Gasteiger charge is -2.36. The Kier molecular flexibility index (Phi) is 5.20. The molecule has 1 aromatic rings. The van der Waals surface area contributed by atoms with Gasteiger partial charge >= 0.3 is 0 Å². The fraction of sp³-hybridized carbons (Fsp3) is 0.562. The van der Waals surface area contributed by atoms with E-state index in [9.17, 15) is 4.79 Å². The number of nitrogens with zero attached hydrogens (tertiary/aromatic N) is 1. The van der Waals surface area contributed by atoms with Crippen molar-refractivity contribution in [2.75, 3.05) is 19.6 Å². The summed E-state index contributed by atoms with van der Waals surface area (Å²) < 4.78 is 11.3. The molecule has 2 rings (SSSR count). The van der Waals surface area contributed by atoms with Gasteiger partial charge in [0.25, 0.3) is 5.91 Å². The average Bonchev–Trinajstić information content (AvgIpc) is 2.45. The molecule has 1 aromatic carbocycles. The second-order valence-electron chi connectivity index (χ2n) is 5.71. The summed E-state index contributed by atoms with van der Waals surface area (Å²) in [6, 6.07) is 7.31. The number of carbonyl (C=O) groups is 1. The van der Waals surface area contributed by atoms with E-state index >= 15 is 0 Å². The third kappa shape index (κ3) is 4.19. The van der Waals surface area contributed by atoms with Crippen molar-refractivity contribution in [1.82, 2.24) is 4.90 Å². The lowest BCUT2D eigenvalue weighted by Crippen LogP contribution is -2.51. The van der Waals surface area contributed by atoms with Crippen LogP contribution < -0.4 is 10.5 Å². The molecule has 0 spiro atoms. The third-order valence-corrected chi connectivity index (χ3v) is 3.33. The van der Waals surface area contributed by atoms with Crippen LogP contribution in [0, 0.1) is 0 Å². The molecule has 1 fully saturated rings. The second-order valence-corrected chi connectivity index (χ2v) is 5.71. The summed E-state index contributed by atoms with van der Waals surface area (Å²) in [6.07, 6.45) is -0.000440. The number of morpholine rings is 1. The number of carbonyl (C=O) groups excluding carboxylic acids is 1. The minimum absolute atomic E-state index is 0.00203. The van der Waals surface area contributed by atoms with Gasteiger partial charge in [-0.2, -0.15) is 0 Å². The van der Waals surface area contributed by atoms with Crippen molar-refractivity contribution in [2.24, 2.45) is 5.73 Å². The van der Waals surface area contributed by atoms with Gasteiger partial charge < -0.3 is 20.1 Å². The molecule has 1 heterocycles. The normalized spacial score (nSPS) is 22.4. The predicted octanol–water partition coefficient (Wildman–Crippen LogP) is 1.66. The maximum atomic E-state index is 12.6. The molecule has 5 heteroatoms. The molecule has 1 aliphatic heterocycles. The van der Waals surface area contributed by atoms with Crippen molar-refractivity contribution in [3.63, 3.8) is 0 Å². The van der Waals surface area contributed by atoms with Gasteiger partial charge in [0.15, 0.2) is 0 Å². The van der Waals surface area contributed by atoms with E-state index in [1.165, 1.54) is 0 Å². The minimum atomic E-state index is -0.0900. The quantitative estimate of drug-likeness (QED) is 0.916. The number of rotatable bonds is 4. The van der Waals surface area contributed by atoms with Crippen molar-refractivity contribution in [3.05, 3.63) is 29.8 Å².